The van der Waals surface area contributed by atoms with Crippen molar-refractivity contribution in [1.29, 1.82) is 0 Å². The first-order valence-electron chi connectivity index (χ1n) is 8.55. The van der Waals surface area contributed by atoms with Crippen molar-refractivity contribution >= 4 is 10.0 Å². The van der Waals surface area contributed by atoms with Gasteiger partial charge in [-0.1, -0.05) is 18.6 Å². The molecular formula is C17H20FN3O4S. The van der Waals surface area contributed by atoms with Crippen LogP contribution in [0.4, 0.5) is 4.39 Å². The Kier molecular flexibility index (Phi) is 4.32. The molecule has 7 nitrogen and oxygen atoms in total. The zero-order valence-corrected chi connectivity index (χ0v) is 15.2. The lowest BCUT2D eigenvalue weighted by molar-refractivity contribution is -0.0184. The van der Waals surface area contributed by atoms with Crippen LogP contribution in [0.1, 0.15) is 42.7 Å². The van der Waals surface area contributed by atoms with Gasteiger partial charge in [-0.2, -0.15) is 4.31 Å². The number of morpholine rings is 1. The Hall–Kier alpha value is -1.84. The Balaban J connectivity index is 1.60. The molecule has 0 bridgehead atoms. The monoisotopic (exact) mass is 381 g/mol. The fourth-order valence-corrected chi connectivity index (χ4v) is 4.37. The molecule has 2 aromatic rings. The van der Waals surface area contributed by atoms with Crippen LogP contribution in [0.25, 0.3) is 0 Å². The van der Waals surface area contributed by atoms with E-state index in [1.807, 2.05) is 0 Å². The fourth-order valence-electron chi connectivity index (χ4n) is 3.56. The first-order chi connectivity index (χ1) is 12.4. The minimum atomic E-state index is -3.30. The van der Waals surface area contributed by atoms with Gasteiger partial charge >= 0.3 is 0 Å². The summed E-state index contributed by atoms with van der Waals surface area (Å²) >= 11 is 0. The molecule has 0 spiro atoms. The highest BCUT2D eigenvalue weighted by Crippen LogP contribution is 2.48. The predicted molar refractivity (Wildman–Crippen MR) is 90.4 cm³/mol. The smallest absolute Gasteiger partial charge is 0.246 e. The Labute approximate surface area is 151 Å². The molecule has 9 heteroatoms. The summed E-state index contributed by atoms with van der Waals surface area (Å²) in [7, 11) is -3.30. The molecule has 1 saturated carbocycles. The van der Waals surface area contributed by atoms with E-state index in [2.05, 4.69) is 10.2 Å². The molecular weight excluding hydrogens is 361 g/mol. The number of rotatable bonds is 4. The summed E-state index contributed by atoms with van der Waals surface area (Å²) in [5.41, 5.74) is 0.548. The quantitative estimate of drug-likeness (QED) is 0.805. The summed E-state index contributed by atoms with van der Waals surface area (Å²) in [5.74, 6) is 0.470. The van der Waals surface area contributed by atoms with E-state index in [0.717, 1.165) is 24.8 Å². The molecule has 140 valence electrons. The maximum Gasteiger partial charge on any atom is 0.246 e. The highest BCUT2D eigenvalue weighted by Gasteiger charge is 2.45. The van der Waals surface area contributed by atoms with Gasteiger partial charge in [-0.25, -0.2) is 12.8 Å². The second-order valence-electron chi connectivity index (χ2n) is 6.87. The van der Waals surface area contributed by atoms with Gasteiger partial charge in [0.05, 0.1) is 18.3 Å². The minimum absolute atomic E-state index is 0.157. The third-order valence-corrected chi connectivity index (χ3v) is 6.50. The van der Waals surface area contributed by atoms with Gasteiger partial charge in [-0.3, -0.25) is 0 Å². The van der Waals surface area contributed by atoms with Gasteiger partial charge in [-0.15, -0.1) is 10.2 Å². The third kappa shape index (κ3) is 3.04. The van der Waals surface area contributed by atoms with E-state index < -0.39 is 21.5 Å². The predicted octanol–water partition coefficient (Wildman–Crippen LogP) is 2.01. The zero-order valence-electron chi connectivity index (χ0n) is 14.4. The summed E-state index contributed by atoms with van der Waals surface area (Å²) in [5, 5.41) is 8.32. The van der Waals surface area contributed by atoms with Crippen LogP contribution in [0.2, 0.25) is 0 Å². The second kappa shape index (κ2) is 6.40. The minimum Gasteiger partial charge on any atom is -0.421 e. The van der Waals surface area contributed by atoms with Gasteiger partial charge in [0.1, 0.15) is 11.9 Å². The molecule has 1 aromatic carbocycles. The summed E-state index contributed by atoms with van der Waals surface area (Å²) in [6.07, 6.45) is 3.32. The van der Waals surface area contributed by atoms with E-state index in [1.165, 1.54) is 22.7 Å². The first kappa shape index (κ1) is 17.6. The van der Waals surface area contributed by atoms with Crippen LogP contribution in [0.5, 0.6) is 0 Å². The van der Waals surface area contributed by atoms with E-state index in [9.17, 15) is 12.8 Å². The number of halogens is 1. The highest BCUT2D eigenvalue weighted by atomic mass is 32.2. The topological polar surface area (TPSA) is 85.5 Å². The molecule has 4 rings (SSSR count). The van der Waals surface area contributed by atoms with Crippen LogP contribution in [-0.4, -0.2) is 48.9 Å². The van der Waals surface area contributed by atoms with E-state index in [0.29, 0.717) is 12.4 Å². The second-order valence-corrected chi connectivity index (χ2v) is 8.85. The van der Waals surface area contributed by atoms with Crippen molar-refractivity contribution in [3.63, 3.8) is 0 Å². The molecule has 2 aliphatic rings. The average Bonchev–Trinajstić information content (AvgIpc) is 3.05. The number of nitrogens with zero attached hydrogens (tertiary/aromatic N) is 3. The molecule has 2 heterocycles. The van der Waals surface area contributed by atoms with E-state index in [1.54, 1.807) is 12.1 Å². The van der Waals surface area contributed by atoms with Gasteiger partial charge < -0.3 is 9.15 Å². The van der Waals surface area contributed by atoms with Crippen molar-refractivity contribution in [2.45, 2.75) is 30.8 Å². The van der Waals surface area contributed by atoms with Crippen LogP contribution >= 0.6 is 0 Å². The zero-order chi connectivity index (χ0) is 18.4. The molecule has 1 aliphatic heterocycles. The molecule has 0 amide bonds. The number of aromatic nitrogens is 2. The number of hydrogen-bond acceptors (Lipinski definition) is 6. The molecule has 2 fully saturated rings. The Bertz CT molecular complexity index is 893. The standard InChI is InChI=1S/C17H20FN3O4S/c1-26(22,23)21-9-10-24-14(11-21)15-19-20-16(25-15)17(7-2-8-17)12-3-5-13(18)6-4-12/h3-6,14H,2,7-11H2,1H3/t14-/m0/s1. The van der Waals surface area contributed by atoms with Gasteiger partial charge in [0, 0.05) is 13.1 Å². The molecule has 1 aromatic heterocycles. The van der Waals surface area contributed by atoms with Crippen LogP contribution in [0.15, 0.2) is 28.7 Å². The van der Waals surface area contributed by atoms with Gasteiger partial charge in [-0.05, 0) is 30.5 Å². The van der Waals surface area contributed by atoms with Crippen LogP contribution in [0.3, 0.4) is 0 Å². The van der Waals surface area contributed by atoms with Crippen molar-refractivity contribution in [3.05, 3.63) is 47.4 Å². The molecule has 1 aliphatic carbocycles. The summed E-state index contributed by atoms with van der Waals surface area (Å²) < 4.78 is 49.7. The largest absolute Gasteiger partial charge is 0.421 e. The van der Waals surface area contributed by atoms with Gasteiger partial charge in [0.15, 0.2) is 0 Å². The van der Waals surface area contributed by atoms with Gasteiger partial charge in [0.25, 0.3) is 0 Å². The van der Waals surface area contributed by atoms with E-state index in [-0.39, 0.29) is 24.9 Å². The van der Waals surface area contributed by atoms with Crippen molar-refractivity contribution in [3.8, 4) is 0 Å². The SMILES string of the molecule is CS(=O)(=O)N1CCO[C@H](c2nnc(C3(c4ccc(F)cc4)CCC3)o2)C1. The number of hydrogen-bond donors (Lipinski definition) is 0. The lowest BCUT2D eigenvalue weighted by Gasteiger charge is -2.39. The Morgan fingerprint density at radius 2 is 1.96 bits per heavy atom. The van der Waals surface area contributed by atoms with E-state index in [4.69, 9.17) is 9.15 Å². The lowest BCUT2D eigenvalue weighted by atomic mass is 9.64. The lowest BCUT2D eigenvalue weighted by Crippen LogP contribution is -2.41. The maximum absolute atomic E-state index is 13.3. The van der Waals surface area contributed by atoms with Crippen molar-refractivity contribution in [2.75, 3.05) is 26.0 Å². The Morgan fingerprint density at radius 3 is 2.58 bits per heavy atom. The Morgan fingerprint density at radius 1 is 1.23 bits per heavy atom. The fraction of sp³-hybridized carbons (Fsp3) is 0.529. The molecule has 0 radical (unpaired) electrons. The number of benzene rings is 1. The van der Waals surface area contributed by atoms with E-state index >= 15 is 0 Å². The molecule has 1 atom stereocenters. The number of ether oxygens (including phenoxy) is 1. The summed E-state index contributed by atoms with van der Waals surface area (Å²) in [6, 6.07) is 6.36. The third-order valence-electron chi connectivity index (χ3n) is 5.23. The normalized spacial score (nSPS) is 23.5. The maximum atomic E-state index is 13.3. The summed E-state index contributed by atoms with van der Waals surface area (Å²) in [4.78, 5) is 0. The molecule has 0 N–H and O–H groups in total. The molecule has 1 saturated heterocycles. The van der Waals surface area contributed by atoms with Gasteiger partial charge in [0.2, 0.25) is 21.8 Å². The van der Waals surface area contributed by atoms with Crippen molar-refractivity contribution < 1.29 is 22.0 Å². The highest BCUT2D eigenvalue weighted by molar-refractivity contribution is 7.88. The van der Waals surface area contributed by atoms with Crippen molar-refractivity contribution in [2.24, 2.45) is 0 Å². The first-order valence-corrected chi connectivity index (χ1v) is 10.4. The summed E-state index contributed by atoms with van der Waals surface area (Å²) in [6.45, 7) is 0.748. The molecule has 0 unspecified atom stereocenters. The van der Waals surface area contributed by atoms with Crippen molar-refractivity contribution in [1.82, 2.24) is 14.5 Å². The van der Waals surface area contributed by atoms with Crippen LogP contribution in [0, 0.1) is 5.82 Å². The molecule has 26 heavy (non-hydrogen) atoms. The average molecular weight is 381 g/mol. The number of sulfonamides is 1. The van der Waals surface area contributed by atoms with Crippen LogP contribution in [-0.2, 0) is 20.2 Å². The van der Waals surface area contributed by atoms with Crippen LogP contribution < -0.4 is 0 Å².